The number of fused-ring (bicyclic) bond motifs is 3. The summed E-state index contributed by atoms with van der Waals surface area (Å²) in [6, 6.07) is 14.2. The van der Waals surface area contributed by atoms with E-state index in [-0.39, 0.29) is 31.3 Å². The van der Waals surface area contributed by atoms with E-state index in [2.05, 4.69) is 10.6 Å². The number of rotatable bonds is 8. The van der Waals surface area contributed by atoms with Crippen molar-refractivity contribution in [1.29, 1.82) is 0 Å². The fraction of sp³-hybridized carbons (Fsp3) is 0.385. The van der Waals surface area contributed by atoms with Crippen LogP contribution in [0.5, 0.6) is 0 Å². The van der Waals surface area contributed by atoms with Crippen LogP contribution in [-0.2, 0) is 19.1 Å². The van der Waals surface area contributed by atoms with Crippen molar-refractivity contribution in [3.63, 3.8) is 0 Å². The predicted octanol–water partition coefficient (Wildman–Crippen LogP) is 2.50. The lowest BCUT2D eigenvalue weighted by Crippen LogP contribution is -2.53. The molecule has 184 valence electrons. The predicted molar refractivity (Wildman–Crippen MR) is 128 cm³/mol. The highest BCUT2D eigenvalue weighted by Gasteiger charge is 2.38. The van der Waals surface area contributed by atoms with Crippen molar-refractivity contribution in [1.82, 2.24) is 15.5 Å². The van der Waals surface area contributed by atoms with Gasteiger partial charge in [0.1, 0.15) is 18.7 Å². The number of ether oxygens (including phenoxy) is 1. The van der Waals surface area contributed by atoms with Crippen molar-refractivity contribution in [2.45, 2.75) is 43.7 Å². The SMILES string of the molecule is CNC(=O)C1CCCN1C(=O)C(CCC(=O)O)NC(=O)OCC1c2ccccc2-c2ccccc21. The molecular formula is C26H29N3O6. The number of amides is 3. The normalized spacial score (nSPS) is 17.3. The van der Waals surface area contributed by atoms with Crippen LogP contribution in [0, 0.1) is 0 Å². The van der Waals surface area contributed by atoms with E-state index in [9.17, 15) is 19.2 Å². The molecule has 1 aliphatic carbocycles. The van der Waals surface area contributed by atoms with E-state index in [1.54, 1.807) is 0 Å². The minimum atomic E-state index is -1.10. The van der Waals surface area contributed by atoms with Gasteiger partial charge in [-0.2, -0.15) is 0 Å². The molecule has 9 heteroatoms. The van der Waals surface area contributed by atoms with Crippen LogP contribution >= 0.6 is 0 Å². The molecule has 2 aliphatic rings. The highest BCUT2D eigenvalue weighted by molar-refractivity contribution is 5.92. The molecule has 0 saturated carbocycles. The third kappa shape index (κ3) is 5.13. The summed E-state index contributed by atoms with van der Waals surface area (Å²) in [5.74, 6) is -1.99. The number of carbonyl (C=O) groups is 4. The van der Waals surface area contributed by atoms with Gasteiger partial charge in [0.15, 0.2) is 0 Å². The number of aliphatic carboxylic acids is 1. The van der Waals surface area contributed by atoms with Crippen LogP contribution in [0.3, 0.4) is 0 Å². The average Bonchev–Trinajstić information content (AvgIpc) is 3.47. The Hall–Kier alpha value is -3.88. The Bertz CT molecular complexity index is 1090. The largest absolute Gasteiger partial charge is 0.481 e. The second kappa shape index (κ2) is 10.6. The lowest BCUT2D eigenvalue weighted by atomic mass is 9.98. The van der Waals surface area contributed by atoms with Crippen LogP contribution in [0.1, 0.15) is 42.7 Å². The number of benzene rings is 2. The maximum absolute atomic E-state index is 13.2. The highest BCUT2D eigenvalue weighted by atomic mass is 16.5. The lowest BCUT2D eigenvalue weighted by molar-refractivity contribution is -0.141. The summed E-state index contributed by atoms with van der Waals surface area (Å²) in [6.07, 6.45) is -0.0395. The molecule has 2 aromatic rings. The van der Waals surface area contributed by atoms with Gasteiger partial charge in [-0.15, -0.1) is 0 Å². The van der Waals surface area contributed by atoms with Gasteiger partial charge < -0.3 is 25.4 Å². The number of alkyl carbamates (subject to hydrolysis) is 1. The summed E-state index contributed by atoms with van der Waals surface area (Å²) in [5, 5.41) is 14.2. The summed E-state index contributed by atoms with van der Waals surface area (Å²) in [5.41, 5.74) is 4.32. The molecule has 0 aromatic heterocycles. The Balaban J connectivity index is 1.44. The van der Waals surface area contributed by atoms with E-state index in [4.69, 9.17) is 9.84 Å². The minimum Gasteiger partial charge on any atom is -0.481 e. The second-order valence-electron chi connectivity index (χ2n) is 8.76. The standard InChI is InChI=1S/C26H29N3O6/c1-27-24(32)22-11-6-14-29(22)25(33)21(12-13-23(30)31)28-26(34)35-15-20-18-9-4-2-7-16(18)17-8-3-5-10-19(17)20/h2-5,7-10,20-22H,6,11-15H2,1H3,(H,27,32)(H,28,34)(H,30,31). The van der Waals surface area contributed by atoms with Crippen LogP contribution < -0.4 is 10.6 Å². The Morgan fingerprint density at radius 1 is 1.06 bits per heavy atom. The van der Waals surface area contributed by atoms with Crippen molar-refractivity contribution in [2.75, 3.05) is 20.2 Å². The Kier molecular flexibility index (Phi) is 7.33. The number of carboxylic acids is 1. The molecule has 1 fully saturated rings. The summed E-state index contributed by atoms with van der Waals surface area (Å²) in [7, 11) is 1.50. The summed E-state index contributed by atoms with van der Waals surface area (Å²) < 4.78 is 5.54. The zero-order chi connectivity index (χ0) is 24.9. The molecule has 3 amide bonds. The molecule has 2 unspecified atom stereocenters. The van der Waals surface area contributed by atoms with E-state index in [1.165, 1.54) is 11.9 Å². The maximum atomic E-state index is 13.2. The fourth-order valence-electron chi connectivity index (χ4n) is 4.98. The first-order valence-corrected chi connectivity index (χ1v) is 11.8. The van der Waals surface area contributed by atoms with Gasteiger partial charge in [-0.25, -0.2) is 4.79 Å². The number of likely N-dealkylation sites (tertiary alicyclic amines) is 1. The first-order valence-electron chi connectivity index (χ1n) is 11.8. The molecule has 0 spiro atoms. The average molecular weight is 480 g/mol. The van der Waals surface area contributed by atoms with Crippen molar-refractivity contribution in [3.05, 3.63) is 59.7 Å². The number of carboxylic acid groups (broad SMARTS) is 1. The smallest absolute Gasteiger partial charge is 0.407 e. The van der Waals surface area contributed by atoms with Crippen LogP contribution in [-0.4, -0.2) is 66.2 Å². The number of nitrogens with one attached hydrogen (secondary N) is 2. The molecule has 1 aliphatic heterocycles. The van der Waals surface area contributed by atoms with Crippen molar-refractivity contribution in [3.8, 4) is 11.1 Å². The zero-order valence-corrected chi connectivity index (χ0v) is 19.5. The van der Waals surface area contributed by atoms with Gasteiger partial charge >= 0.3 is 12.1 Å². The number of hydrogen-bond acceptors (Lipinski definition) is 5. The first kappa shape index (κ1) is 24.3. The van der Waals surface area contributed by atoms with Gasteiger partial charge in [0.25, 0.3) is 0 Å². The Morgan fingerprint density at radius 2 is 1.69 bits per heavy atom. The summed E-state index contributed by atoms with van der Waals surface area (Å²) in [6.45, 7) is 0.442. The van der Waals surface area contributed by atoms with Gasteiger partial charge in [-0.1, -0.05) is 48.5 Å². The summed E-state index contributed by atoms with van der Waals surface area (Å²) >= 11 is 0. The number of likely N-dealkylation sites (N-methyl/N-ethyl adjacent to an activating group) is 1. The van der Waals surface area contributed by atoms with Gasteiger partial charge in [0.05, 0.1) is 0 Å². The quantitative estimate of drug-likeness (QED) is 0.534. The molecule has 1 heterocycles. The van der Waals surface area contributed by atoms with Crippen molar-refractivity contribution < 1.29 is 29.0 Å². The molecular weight excluding hydrogens is 450 g/mol. The van der Waals surface area contributed by atoms with E-state index >= 15 is 0 Å². The topological polar surface area (TPSA) is 125 Å². The molecule has 4 rings (SSSR count). The van der Waals surface area contributed by atoms with Crippen LogP contribution in [0.4, 0.5) is 4.79 Å². The Labute approximate surface area is 203 Å². The third-order valence-electron chi connectivity index (χ3n) is 6.67. The van der Waals surface area contributed by atoms with Crippen LogP contribution in [0.15, 0.2) is 48.5 Å². The monoisotopic (exact) mass is 479 g/mol. The van der Waals surface area contributed by atoms with Gasteiger partial charge in [0, 0.05) is 25.9 Å². The fourth-order valence-corrected chi connectivity index (χ4v) is 4.98. The van der Waals surface area contributed by atoms with Crippen LogP contribution in [0.2, 0.25) is 0 Å². The number of carbonyl (C=O) groups excluding carboxylic acids is 3. The highest BCUT2D eigenvalue weighted by Crippen LogP contribution is 2.44. The molecule has 1 saturated heterocycles. The van der Waals surface area contributed by atoms with Gasteiger partial charge in [-0.05, 0) is 41.5 Å². The molecule has 3 N–H and O–H groups in total. The molecule has 35 heavy (non-hydrogen) atoms. The molecule has 2 atom stereocenters. The second-order valence-corrected chi connectivity index (χ2v) is 8.76. The van der Waals surface area contributed by atoms with E-state index in [0.29, 0.717) is 19.4 Å². The molecule has 0 radical (unpaired) electrons. The van der Waals surface area contributed by atoms with E-state index in [0.717, 1.165) is 22.3 Å². The van der Waals surface area contributed by atoms with E-state index < -0.39 is 30.1 Å². The van der Waals surface area contributed by atoms with Gasteiger partial charge in [0.2, 0.25) is 11.8 Å². The lowest BCUT2D eigenvalue weighted by Gasteiger charge is -2.28. The molecule has 0 bridgehead atoms. The molecule has 2 aromatic carbocycles. The van der Waals surface area contributed by atoms with Crippen LogP contribution in [0.25, 0.3) is 11.1 Å². The first-order chi connectivity index (χ1) is 16.9. The Morgan fingerprint density at radius 3 is 2.29 bits per heavy atom. The maximum Gasteiger partial charge on any atom is 0.407 e. The minimum absolute atomic E-state index is 0.0737. The molecule has 9 nitrogen and oxygen atoms in total. The van der Waals surface area contributed by atoms with E-state index in [1.807, 2.05) is 48.5 Å². The number of nitrogens with zero attached hydrogens (tertiary/aromatic N) is 1. The third-order valence-corrected chi connectivity index (χ3v) is 6.67. The van der Waals surface area contributed by atoms with Crippen molar-refractivity contribution >= 4 is 23.9 Å². The van der Waals surface area contributed by atoms with Gasteiger partial charge in [-0.3, -0.25) is 14.4 Å². The summed E-state index contributed by atoms with van der Waals surface area (Å²) in [4.78, 5) is 50.7. The van der Waals surface area contributed by atoms with Crippen molar-refractivity contribution in [2.24, 2.45) is 0 Å². The number of hydrogen-bond donors (Lipinski definition) is 3. The zero-order valence-electron chi connectivity index (χ0n) is 19.5.